The molecule has 134 valence electrons. The maximum Gasteiger partial charge on any atom is 0.252 e. The van der Waals surface area contributed by atoms with Gasteiger partial charge in [-0.3, -0.25) is 9.10 Å². The zero-order valence-corrected chi connectivity index (χ0v) is 16.0. The molecule has 1 N–H and O–H groups in total. The molecule has 0 saturated carbocycles. The molecule has 2 aromatic carbocycles. The Labute approximate surface area is 153 Å². The van der Waals surface area contributed by atoms with Crippen LogP contribution in [-0.2, 0) is 10.0 Å². The molecule has 0 spiro atoms. The van der Waals surface area contributed by atoms with Crippen LogP contribution in [0, 0.1) is 13.8 Å². The number of nitrogens with one attached hydrogen (secondary N) is 1. The third-order valence-corrected chi connectivity index (χ3v) is 5.25. The predicted molar refractivity (Wildman–Crippen MR) is 102 cm³/mol. The van der Waals surface area contributed by atoms with Gasteiger partial charge in [0.15, 0.2) is 0 Å². The fourth-order valence-electron chi connectivity index (χ4n) is 2.56. The molecule has 25 heavy (non-hydrogen) atoms. The van der Waals surface area contributed by atoms with Crippen molar-refractivity contribution in [2.24, 2.45) is 0 Å². The van der Waals surface area contributed by atoms with Gasteiger partial charge in [-0.15, -0.1) is 0 Å². The number of anilines is 1. The third kappa shape index (κ3) is 4.96. The molecule has 2 aromatic rings. The number of hydrogen-bond acceptors (Lipinski definition) is 3. The largest absolute Gasteiger partial charge is 0.350 e. The van der Waals surface area contributed by atoms with E-state index >= 15 is 0 Å². The van der Waals surface area contributed by atoms with Gasteiger partial charge >= 0.3 is 0 Å². The Kier molecular flexibility index (Phi) is 6.08. The summed E-state index contributed by atoms with van der Waals surface area (Å²) in [6.45, 7) is 4.12. The smallest absolute Gasteiger partial charge is 0.252 e. The first-order chi connectivity index (χ1) is 11.7. The van der Waals surface area contributed by atoms with Gasteiger partial charge in [0.25, 0.3) is 5.91 Å². The summed E-state index contributed by atoms with van der Waals surface area (Å²) in [5, 5.41) is 3.07. The minimum atomic E-state index is -3.47. The molecule has 0 heterocycles. The Hall–Kier alpha value is -2.05. The zero-order valence-electron chi connectivity index (χ0n) is 14.4. The number of sulfonamides is 1. The van der Waals surface area contributed by atoms with E-state index in [-0.39, 0.29) is 19.0 Å². The summed E-state index contributed by atoms with van der Waals surface area (Å²) >= 11 is 6.00. The lowest BCUT2D eigenvalue weighted by atomic mass is 10.1. The molecule has 0 atom stereocenters. The summed E-state index contributed by atoms with van der Waals surface area (Å²) in [7, 11) is -3.47. The van der Waals surface area contributed by atoms with Gasteiger partial charge in [-0.2, -0.15) is 0 Å². The molecule has 0 unspecified atom stereocenters. The summed E-state index contributed by atoms with van der Waals surface area (Å²) < 4.78 is 25.6. The Morgan fingerprint density at radius 1 is 1.16 bits per heavy atom. The summed E-state index contributed by atoms with van der Waals surface area (Å²) in [4.78, 5) is 12.2. The topological polar surface area (TPSA) is 66.5 Å². The van der Waals surface area contributed by atoms with Crippen molar-refractivity contribution in [2.75, 3.05) is 23.7 Å². The fourth-order valence-corrected chi connectivity index (χ4v) is 3.77. The molecular formula is C18H21ClN2O3S. The molecule has 0 aliphatic rings. The number of nitrogens with zero attached hydrogens (tertiary/aromatic N) is 1. The van der Waals surface area contributed by atoms with E-state index in [2.05, 4.69) is 5.32 Å². The number of carbonyl (C=O) groups excluding carboxylic acids is 1. The summed E-state index contributed by atoms with van der Waals surface area (Å²) in [5.74, 6) is -0.334. The van der Waals surface area contributed by atoms with E-state index in [1.54, 1.807) is 30.3 Å². The molecular weight excluding hydrogens is 360 g/mol. The van der Waals surface area contributed by atoms with Crippen LogP contribution in [0.5, 0.6) is 0 Å². The Balaban J connectivity index is 2.12. The van der Waals surface area contributed by atoms with Crippen LogP contribution < -0.4 is 9.62 Å². The van der Waals surface area contributed by atoms with E-state index in [1.165, 1.54) is 4.31 Å². The van der Waals surface area contributed by atoms with Crippen molar-refractivity contribution in [1.82, 2.24) is 5.32 Å². The molecule has 0 fully saturated rings. The second-order valence-electron chi connectivity index (χ2n) is 5.86. The quantitative estimate of drug-likeness (QED) is 0.837. The zero-order chi connectivity index (χ0) is 18.6. The van der Waals surface area contributed by atoms with E-state index in [0.29, 0.717) is 16.3 Å². The van der Waals surface area contributed by atoms with Crippen molar-refractivity contribution in [3.05, 3.63) is 64.2 Å². The maximum atomic E-state index is 12.2. The second kappa shape index (κ2) is 7.89. The van der Waals surface area contributed by atoms with Gasteiger partial charge in [0.2, 0.25) is 10.0 Å². The first-order valence-corrected chi connectivity index (χ1v) is 10.0. The highest BCUT2D eigenvalue weighted by Gasteiger charge is 2.19. The lowest BCUT2D eigenvalue weighted by Gasteiger charge is -2.24. The number of carbonyl (C=O) groups is 1. The molecule has 0 radical (unpaired) electrons. The number of aryl methyl sites for hydroxylation is 2. The molecule has 0 saturated heterocycles. The first kappa shape index (κ1) is 19.3. The molecule has 1 amide bonds. The maximum absolute atomic E-state index is 12.2. The average molecular weight is 381 g/mol. The molecule has 2 rings (SSSR count). The minimum absolute atomic E-state index is 0.138. The number of amides is 1. The lowest BCUT2D eigenvalue weighted by molar-refractivity contribution is 0.0955. The highest BCUT2D eigenvalue weighted by atomic mass is 35.5. The van der Waals surface area contributed by atoms with Crippen molar-refractivity contribution < 1.29 is 13.2 Å². The van der Waals surface area contributed by atoms with E-state index in [4.69, 9.17) is 11.6 Å². The van der Waals surface area contributed by atoms with E-state index in [9.17, 15) is 13.2 Å². The van der Waals surface area contributed by atoms with Crippen LogP contribution in [-0.4, -0.2) is 33.7 Å². The standard InChI is InChI=1S/C18H21ClN2O3S/c1-13-8-9-17(14(2)12-13)21(25(3,23)24)11-10-20-18(22)15-6-4-5-7-16(15)19/h4-9,12H,10-11H2,1-3H3,(H,20,22). The van der Waals surface area contributed by atoms with Crippen molar-refractivity contribution in [3.63, 3.8) is 0 Å². The number of rotatable bonds is 6. The minimum Gasteiger partial charge on any atom is -0.350 e. The Morgan fingerprint density at radius 3 is 2.44 bits per heavy atom. The van der Waals surface area contributed by atoms with Crippen molar-refractivity contribution in [3.8, 4) is 0 Å². The highest BCUT2D eigenvalue weighted by Crippen LogP contribution is 2.23. The number of hydrogen-bond donors (Lipinski definition) is 1. The van der Waals surface area contributed by atoms with Crippen molar-refractivity contribution >= 4 is 33.2 Å². The van der Waals surface area contributed by atoms with Crippen LogP contribution in [0.2, 0.25) is 5.02 Å². The predicted octanol–water partition coefficient (Wildman–Crippen LogP) is 3.15. The van der Waals surface area contributed by atoms with Crippen LogP contribution in [0.3, 0.4) is 0 Å². The highest BCUT2D eigenvalue weighted by molar-refractivity contribution is 7.92. The van der Waals surface area contributed by atoms with Gasteiger partial charge in [0, 0.05) is 6.54 Å². The van der Waals surface area contributed by atoms with Crippen molar-refractivity contribution in [2.45, 2.75) is 13.8 Å². The van der Waals surface area contributed by atoms with Gasteiger partial charge in [-0.25, -0.2) is 8.42 Å². The van der Waals surface area contributed by atoms with Crippen molar-refractivity contribution in [1.29, 1.82) is 0 Å². The second-order valence-corrected chi connectivity index (χ2v) is 8.17. The average Bonchev–Trinajstić information content (AvgIpc) is 2.51. The van der Waals surface area contributed by atoms with Gasteiger partial charge < -0.3 is 5.32 Å². The Bertz CT molecular complexity index is 882. The monoisotopic (exact) mass is 380 g/mol. The lowest BCUT2D eigenvalue weighted by Crippen LogP contribution is -2.38. The first-order valence-electron chi connectivity index (χ1n) is 7.78. The summed E-state index contributed by atoms with van der Waals surface area (Å²) in [6.07, 6.45) is 1.15. The van der Waals surface area contributed by atoms with Crippen LogP contribution in [0.1, 0.15) is 21.5 Å². The number of benzene rings is 2. The van der Waals surface area contributed by atoms with E-state index in [0.717, 1.165) is 17.4 Å². The molecule has 0 bridgehead atoms. The molecule has 5 nitrogen and oxygen atoms in total. The summed E-state index contributed by atoms with van der Waals surface area (Å²) in [6, 6.07) is 12.3. The van der Waals surface area contributed by atoms with E-state index < -0.39 is 10.0 Å². The molecule has 0 aliphatic carbocycles. The molecule has 0 aromatic heterocycles. The van der Waals surface area contributed by atoms with Gasteiger partial charge in [0.05, 0.1) is 29.1 Å². The van der Waals surface area contributed by atoms with Gasteiger partial charge in [-0.1, -0.05) is 41.4 Å². The molecule has 7 heteroatoms. The summed E-state index contributed by atoms with van der Waals surface area (Å²) in [5.41, 5.74) is 2.89. The SMILES string of the molecule is Cc1ccc(N(CCNC(=O)c2ccccc2Cl)S(C)(=O)=O)c(C)c1. The van der Waals surface area contributed by atoms with Gasteiger partial charge in [0.1, 0.15) is 0 Å². The fraction of sp³-hybridized carbons (Fsp3) is 0.278. The normalized spacial score (nSPS) is 11.2. The van der Waals surface area contributed by atoms with Gasteiger partial charge in [-0.05, 0) is 37.6 Å². The third-order valence-electron chi connectivity index (χ3n) is 3.74. The van der Waals surface area contributed by atoms with E-state index in [1.807, 2.05) is 26.0 Å². The van der Waals surface area contributed by atoms with Crippen LogP contribution >= 0.6 is 11.6 Å². The number of halogens is 1. The van der Waals surface area contributed by atoms with Crippen LogP contribution in [0.15, 0.2) is 42.5 Å². The Morgan fingerprint density at radius 2 is 1.84 bits per heavy atom. The molecule has 0 aliphatic heterocycles. The van der Waals surface area contributed by atoms with Crippen LogP contribution in [0.4, 0.5) is 5.69 Å². The van der Waals surface area contributed by atoms with Crippen LogP contribution in [0.25, 0.3) is 0 Å².